The van der Waals surface area contributed by atoms with Crippen molar-refractivity contribution in [2.45, 2.75) is 37.3 Å². The molecule has 2 aromatic carbocycles. The van der Waals surface area contributed by atoms with Crippen LogP contribution in [0, 0.1) is 5.82 Å². The van der Waals surface area contributed by atoms with Crippen molar-refractivity contribution in [1.29, 1.82) is 0 Å². The molecule has 0 saturated heterocycles. The van der Waals surface area contributed by atoms with Crippen molar-refractivity contribution in [2.24, 2.45) is 7.05 Å². The Morgan fingerprint density at radius 1 is 1.04 bits per heavy atom. The van der Waals surface area contributed by atoms with E-state index in [1.807, 2.05) is 23.7 Å². The van der Waals surface area contributed by atoms with Gasteiger partial charge in [0.1, 0.15) is 18.2 Å². The molecule has 0 N–H and O–H groups in total. The van der Waals surface area contributed by atoms with Crippen LogP contribution in [-0.2, 0) is 19.4 Å². The molecule has 3 aromatic rings. The normalized spacial score (nSPS) is 11.1. The molecule has 3 rings (SSSR count). The van der Waals surface area contributed by atoms with E-state index in [1.165, 1.54) is 17.7 Å². The fourth-order valence-electron chi connectivity index (χ4n) is 2.42. The number of thioether (sulfide) groups is 1. The van der Waals surface area contributed by atoms with Crippen LogP contribution in [0.2, 0.25) is 0 Å². The van der Waals surface area contributed by atoms with Gasteiger partial charge >= 0.3 is 0 Å². The molecule has 0 atom stereocenters. The van der Waals surface area contributed by atoms with Gasteiger partial charge in [-0.3, -0.25) is 0 Å². The van der Waals surface area contributed by atoms with Gasteiger partial charge in [-0.1, -0.05) is 49.9 Å². The Labute approximate surface area is 157 Å². The number of hydrogen-bond acceptors (Lipinski definition) is 4. The molecule has 0 saturated carbocycles. The van der Waals surface area contributed by atoms with Crippen molar-refractivity contribution in [3.63, 3.8) is 0 Å². The Hall–Kier alpha value is -2.34. The summed E-state index contributed by atoms with van der Waals surface area (Å²) in [6.07, 6.45) is 0. The van der Waals surface area contributed by atoms with E-state index in [0.717, 1.165) is 22.3 Å². The SMILES string of the molecule is CC(C)c1ccc(OCc2nnc(SCc3ccc(F)cc3)n2C)cc1. The second-order valence-corrected chi connectivity index (χ2v) is 7.33. The van der Waals surface area contributed by atoms with Crippen LogP contribution < -0.4 is 4.74 Å². The Morgan fingerprint density at radius 2 is 1.73 bits per heavy atom. The molecule has 0 aliphatic heterocycles. The third-order valence-electron chi connectivity index (χ3n) is 4.12. The number of rotatable bonds is 7. The molecule has 26 heavy (non-hydrogen) atoms. The fraction of sp³-hybridized carbons (Fsp3) is 0.300. The highest BCUT2D eigenvalue weighted by molar-refractivity contribution is 7.98. The molecule has 0 bridgehead atoms. The molecule has 0 spiro atoms. The predicted molar refractivity (Wildman–Crippen MR) is 102 cm³/mol. The molecule has 0 unspecified atom stereocenters. The van der Waals surface area contributed by atoms with Gasteiger partial charge < -0.3 is 9.30 Å². The molecule has 0 amide bonds. The summed E-state index contributed by atoms with van der Waals surface area (Å²) in [5, 5.41) is 9.24. The second-order valence-electron chi connectivity index (χ2n) is 6.39. The molecule has 136 valence electrons. The summed E-state index contributed by atoms with van der Waals surface area (Å²) in [6.45, 7) is 4.70. The summed E-state index contributed by atoms with van der Waals surface area (Å²) in [5.74, 6) is 2.57. The number of ether oxygens (including phenoxy) is 1. The van der Waals surface area contributed by atoms with Gasteiger partial charge in [0.05, 0.1) is 0 Å². The Morgan fingerprint density at radius 3 is 2.38 bits per heavy atom. The lowest BCUT2D eigenvalue weighted by molar-refractivity contribution is 0.290. The third-order valence-corrected chi connectivity index (χ3v) is 5.21. The van der Waals surface area contributed by atoms with Gasteiger partial charge in [0.25, 0.3) is 0 Å². The Bertz CT molecular complexity index is 844. The van der Waals surface area contributed by atoms with E-state index < -0.39 is 0 Å². The fourth-order valence-corrected chi connectivity index (χ4v) is 3.31. The summed E-state index contributed by atoms with van der Waals surface area (Å²) >= 11 is 1.56. The summed E-state index contributed by atoms with van der Waals surface area (Å²) in [7, 11) is 1.92. The first-order chi connectivity index (χ1) is 12.5. The molecular weight excluding hydrogens is 349 g/mol. The monoisotopic (exact) mass is 371 g/mol. The zero-order chi connectivity index (χ0) is 18.5. The van der Waals surface area contributed by atoms with Crippen molar-refractivity contribution >= 4 is 11.8 Å². The van der Waals surface area contributed by atoms with Gasteiger partial charge in [-0.15, -0.1) is 10.2 Å². The second kappa shape index (κ2) is 8.36. The van der Waals surface area contributed by atoms with Crippen molar-refractivity contribution in [3.8, 4) is 5.75 Å². The Kier molecular flexibility index (Phi) is 5.93. The lowest BCUT2D eigenvalue weighted by Crippen LogP contribution is -2.04. The van der Waals surface area contributed by atoms with Crippen molar-refractivity contribution in [3.05, 3.63) is 71.3 Å². The average Bonchev–Trinajstić information content (AvgIpc) is 3.00. The minimum absolute atomic E-state index is 0.224. The van der Waals surface area contributed by atoms with E-state index in [9.17, 15) is 4.39 Å². The Balaban J connectivity index is 1.57. The van der Waals surface area contributed by atoms with E-state index in [4.69, 9.17) is 4.74 Å². The molecule has 6 heteroatoms. The summed E-state index contributed by atoms with van der Waals surface area (Å²) in [6, 6.07) is 14.6. The van der Waals surface area contributed by atoms with Gasteiger partial charge in [0, 0.05) is 12.8 Å². The van der Waals surface area contributed by atoms with Crippen LogP contribution in [-0.4, -0.2) is 14.8 Å². The largest absolute Gasteiger partial charge is 0.486 e. The number of aromatic nitrogens is 3. The topological polar surface area (TPSA) is 39.9 Å². The van der Waals surface area contributed by atoms with Crippen LogP contribution in [0.15, 0.2) is 53.7 Å². The van der Waals surface area contributed by atoms with Gasteiger partial charge in [0.2, 0.25) is 0 Å². The lowest BCUT2D eigenvalue weighted by Gasteiger charge is -2.09. The van der Waals surface area contributed by atoms with Crippen LogP contribution in [0.4, 0.5) is 4.39 Å². The van der Waals surface area contributed by atoms with Gasteiger partial charge in [0.15, 0.2) is 11.0 Å². The van der Waals surface area contributed by atoms with Crippen LogP contribution in [0.5, 0.6) is 5.75 Å². The van der Waals surface area contributed by atoms with E-state index in [0.29, 0.717) is 18.3 Å². The minimum Gasteiger partial charge on any atom is -0.486 e. The summed E-state index contributed by atoms with van der Waals surface area (Å²) in [5.41, 5.74) is 2.33. The number of hydrogen-bond donors (Lipinski definition) is 0. The predicted octanol–water partition coefficient (Wildman–Crippen LogP) is 4.95. The summed E-state index contributed by atoms with van der Waals surface area (Å²) < 4.78 is 20.7. The molecule has 1 aromatic heterocycles. The molecule has 0 aliphatic rings. The van der Waals surface area contributed by atoms with Crippen molar-refractivity contribution < 1.29 is 9.13 Å². The number of nitrogens with zero attached hydrogens (tertiary/aromatic N) is 3. The van der Waals surface area contributed by atoms with E-state index in [1.54, 1.807) is 23.9 Å². The smallest absolute Gasteiger partial charge is 0.191 e. The van der Waals surface area contributed by atoms with Crippen LogP contribution in [0.3, 0.4) is 0 Å². The van der Waals surface area contributed by atoms with E-state index in [-0.39, 0.29) is 5.82 Å². The average molecular weight is 371 g/mol. The number of halogens is 1. The molecule has 1 heterocycles. The highest BCUT2D eigenvalue weighted by Gasteiger charge is 2.10. The van der Waals surface area contributed by atoms with Crippen LogP contribution >= 0.6 is 11.8 Å². The highest BCUT2D eigenvalue weighted by Crippen LogP contribution is 2.22. The zero-order valence-electron chi connectivity index (χ0n) is 15.1. The highest BCUT2D eigenvalue weighted by atomic mass is 32.2. The molecule has 0 fully saturated rings. The third kappa shape index (κ3) is 4.64. The number of benzene rings is 2. The van der Waals surface area contributed by atoms with Crippen LogP contribution in [0.25, 0.3) is 0 Å². The standard InChI is InChI=1S/C20H22FN3OS/c1-14(2)16-6-10-18(11-7-16)25-12-19-22-23-20(24(19)3)26-13-15-4-8-17(21)9-5-15/h4-11,14H,12-13H2,1-3H3. The lowest BCUT2D eigenvalue weighted by atomic mass is 10.0. The van der Waals surface area contributed by atoms with Crippen molar-refractivity contribution in [1.82, 2.24) is 14.8 Å². The first kappa shape index (κ1) is 18.5. The minimum atomic E-state index is -0.224. The van der Waals surface area contributed by atoms with Gasteiger partial charge in [-0.25, -0.2) is 4.39 Å². The quantitative estimate of drug-likeness (QED) is 0.551. The zero-order valence-corrected chi connectivity index (χ0v) is 16.0. The molecule has 0 aliphatic carbocycles. The van der Waals surface area contributed by atoms with Crippen molar-refractivity contribution in [2.75, 3.05) is 0 Å². The molecule has 0 radical (unpaired) electrons. The first-order valence-electron chi connectivity index (χ1n) is 8.51. The van der Waals surface area contributed by atoms with Gasteiger partial charge in [-0.2, -0.15) is 0 Å². The first-order valence-corrected chi connectivity index (χ1v) is 9.50. The van der Waals surface area contributed by atoms with Gasteiger partial charge in [-0.05, 0) is 41.3 Å². The maximum atomic E-state index is 13.0. The van der Waals surface area contributed by atoms with E-state index >= 15 is 0 Å². The summed E-state index contributed by atoms with van der Waals surface area (Å²) in [4.78, 5) is 0. The maximum Gasteiger partial charge on any atom is 0.191 e. The molecule has 4 nitrogen and oxygen atoms in total. The van der Waals surface area contributed by atoms with E-state index in [2.05, 4.69) is 36.2 Å². The molecular formula is C20H22FN3OS. The van der Waals surface area contributed by atoms with Crippen LogP contribution in [0.1, 0.15) is 36.7 Å². The maximum absolute atomic E-state index is 13.0.